The number of carbonyl (C=O) groups is 2. The Balaban J connectivity index is 1.57. The molecule has 9 heteroatoms. The minimum atomic E-state index is -0.277. The summed E-state index contributed by atoms with van der Waals surface area (Å²) >= 11 is 1.42. The number of hydrogen-bond acceptors (Lipinski definition) is 7. The first-order valence-corrected chi connectivity index (χ1v) is 7.79. The summed E-state index contributed by atoms with van der Waals surface area (Å²) in [5.74, 6) is 0.531. The molecular formula is C13H15N5O3S. The highest BCUT2D eigenvalue weighted by Gasteiger charge is 2.25. The SMILES string of the molecule is Cc1nc(C(=O)NCc2nc(C3CCNC(=O)C3)no2)cs1. The maximum atomic E-state index is 11.9. The maximum absolute atomic E-state index is 11.9. The van der Waals surface area contributed by atoms with Crippen LogP contribution in [0.4, 0.5) is 0 Å². The lowest BCUT2D eigenvalue weighted by Gasteiger charge is -2.18. The van der Waals surface area contributed by atoms with E-state index >= 15 is 0 Å². The number of thiazole rings is 1. The normalized spacial score (nSPS) is 18.0. The summed E-state index contributed by atoms with van der Waals surface area (Å²) in [7, 11) is 0. The summed E-state index contributed by atoms with van der Waals surface area (Å²) < 4.78 is 5.12. The van der Waals surface area contributed by atoms with E-state index in [0.717, 1.165) is 11.4 Å². The van der Waals surface area contributed by atoms with Crippen molar-refractivity contribution >= 4 is 23.2 Å². The Bertz CT molecular complexity index is 695. The Morgan fingerprint density at radius 2 is 2.41 bits per heavy atom. The molecule has 116 valence electrons. The highest BCUT2D eigenvalue weighted by atomic mass is 32.1. The standard InChI is InChI=1S/C13H15N5O3S/c1-7-16-9(6-22-7)13(20)15-5-11-17-12(18-21-11)8-2-3-14-10(19)4-8/h6,8H,2-5H2,1H3,(H,14,19)(H,15,20). The quantitative estimate of drug-likeness (QED) is 0.860. The van der Waals surface area contributed by atoms with Gasteiger partial charge in [0, 0.05) is 24.3 Å². The van der Waals surface area contributed by atoms with Crippen molar-refractivity contribution in [3.8, 4) is 0 Å². The third-order valence-electron chi connectivity index (χ3n) is 3.35. The monoisotopic (exact) mass is 321 g/mol. The Morgan fingerprint density at radius 3 is 3.14 bits per heavy atom. The Kier molecular flexibility index (Phi) is 4.14. The van der Waals surface area contributed by atoms with Gasteiger partial charge in [0.2, 0.25) is 11.8 Å². The van der Waals surface area contributed by atoms with Gasteiger partial charge in [-0.3, -0.25) is 9.59 Å². The van der Waals surface area contributed by atoms with Crippen LogP contribution in [-0.4, -0.2) is 33.5 Å². The van der Waals surface area contributed by atoms with Crippen LogP contribution >= 0.6 is 11.3 Å². The zero-order valence-electron chi connectivity index (χ0n) is 12.0. The van der Waals surface area contributed by atoms with Gasteiger partial charge in [-0.25, -0.2) is 4.98 Å². The maximum Gasteiger partial charge on any atom is 0.271 e. The molecule has 0 aromatic carbocycles. The number of aryl methyl sites for hydroxylation is 1. The van der Waals surface area contributed by atoms with Crippen molar-refractivity contribution in [2.45, 2.75) is 32.2 Å². The van der Waals surface area contributed by atoms with Crippen LogP contribution in [0.25, 0.3) is 0 Å². The molecule has 3 rings (SSSR count). The summed E-state index contributed by atoms with van der Waals surface area (Å²) in [6, 6.07) is 0. The van der Waals surface area contributed by atoms with Crippen molar-refractivity contribution in [3.63, 3.8) is 0 Å². The van der Waals surface area contributed by atoms with E-state index in [4.69, 9.17) is 4.52 Å². The Morgan fingerprint density at radius 1 is 1.55 bits per heavy atom. The number of nitrogens with one attached hydrogen (secondary N) is 2. The Hall–Kier alpha value is -2.29. The molecule has 22 heavy (non-hydrogen) atoms. The number of nitrogens with zero attached hydrogens (tertiary/aromatic N) is 3. The minimum Gasteiger partial charge on any atom is -0.356 e. The molecule has 0 bridgehead atoms. The predicted molar refractivity (Wildman–Crippen MR) is 77.3 cm³/mol. The molecule has 1 aliphatic heterocycles. The van der Waals surface area contributed by atoms with Crippen molar-refractivity contribution in [1.29, 1.82) is 0 Å². The fraction of sp³-hybridized carbons (Fsp3) is 0.462. The first-order valence-electron chi connectivity index (χ1n) is 6.91. The van der Waals surface area contributed by atoms with E-state index in [2.05, 4.69) is 25.8 Å². The molecule has 3 heterocycles. The minimum absolute atomic E-state index is 0.00481. The molecule has 0 spiro atoms. The second-order valence-corrected chi connectivity index (χ2v) is 6.08. The lowest BCUT2D eigenvalue weighted by atomic mass is 9.97. The molecule has 0 saturated carbocycles. The summed E-state index contributed by atoms with van der Waals surface area (Å²) in [6.07, 6.45) is 1.15. The van der Waals surface area contributed by atoms with Crippen molar-refractivity contribution in [2.75, 3.05) is 6.54 Å². The lowest BCUT2D eigenvalue weighted by molar-refractivity contribution is -0.122. The molecule has 0 aliphatic carbocycles. The van der Waals surface area contributed by atoms with Crippen LogP contribution < -0.4 is 10.6 Å². The van der Waals surface area contributed by atoms with Crippen molar-refractivity contribution in [1.82, 2.24) is 25.8 Å². The van der Waals surface area contributed by atoms with Gasteiger partial charge in [-0.2, -0.15) is 4.98 Å². The third kappa shape index (κ3) is 3.30. The van der Waals surface area contributed by atoms with Crippen LogP contribution in [0.1, 0.15) is 46.0 Å². The number of piperidine rings is 1. The molecule has 1 saturated heterocycles. The molecule has 1 fully saturated rings. The summed E-state index contributed by atoms with van der Waals surface area (Å²) in [6.45, 7) is 2.60. The highest BCUT2D eigenvalue weighted by molar-refractivity contribution is 7.09. The van der Waals surface area contributed by atoms with Crippen LogP contribution in [0, 0.1) is 6.92 Å². The van der Waals surface area contributed by atoms with E-state index < -0.39 is 0 Å². The summed E-state index contributed by atoms with van der Waals surface area (Å²) in [4.78, 5) is 31.6. The van der Waals surface area contributed by atoms with Crippen LogP contribution in [0.3, 0.4) is 0 Å². The zero-order chi connectivity index (χ0) is 15.5. The topological polar surface area (TPSA) is 110 Å². The molecule has 2 aromatic heterocycles. The summed E-state index contributed by atoms with van der Waals surface area (Å²) in [5.41, 5.74) is 0.381. The van der Waals surface area contributed by atoms with Gasteiger partial charge in [0.15, 0.2) is 5.82 Å². The van der Waals surface area contributed by atoms with E-state index in [1.54, 1.807) is 5.38 Å². The Labute approximate surface area is 130 Å². The van der Waals surface area contributed by atoms with Crippen LogP contribution in [0.2, 0.25) is 0 Å². The van der Waals surface area contributed by atoms with E-state index in [1.807, 2.05) is 6.92 Å². The van der Waals surface area contributed by atoms with Gasteiger partial charge in [-0.1, -0.05) is 5.16 Å². The predicted octanol–water partition coefficient (Wildman–Crippen LogP) is 0.758. The molecule has 1 unspecified atom stereocenters. The van der Waals surface area contributed by atoms with Gasteiger partial charge in [0.25, 0.3) is 5.91 Å². The van der Waals surface area contributed by atoms with Gasteiger partial charge >= 0.3 is 0 Å². The number of amides is 2. The lowest BCUT2D eigenvalue weighted by Crippen LogP contribution is -2.32. The summed E-state index contributed by atoms with van der Waals surface area (Å²) in [5, 5.41) is 11.9. The van der Waals surface area contributed by atoms with Gasteiger partial charge in [0.05, 0.1) is 11.6 Å². The fourth-order valence-electron chi connectivity index (χ4n) is 2.22. The highest BCUT2D eigenvalue weighted by Crippen LogP contribution is 2.22. The average molecular weight is 321 g/mol. The second-order valence-electron chi connectivity index (χ2n) is 5.02. The van der Waals surface area contributed by atoms with Crippen molar-refractivity contribution in [3.05, 3.63) is 27.8 Å². The number of hydrogen-bond donors (Lipinski definition) is 2. The first kappa shape index (κ1) is 14.6. The van der Waals surface area contributed by atoms with Crippen LogP contribution in [0.15, 0.2) is 9.90 Å². The fourth-order valence-corrected chi connectivity index (χ4v) is 2.82. The van der Waals surface area contributed by atoms with Crippen molar-refractivity contribution in [2.24, 2.45) is 0 Å². The second kappa shape index (κ2) is 6.22. The molecule has 2 N–H and O–H groups in total. The van der Waals surface area contributed by atoms with Gasteiger partial charge in [-0.15, -0.1) is 11.3 Å². The molecule has 2 aromatic rings. The van der Waals surface area contributed by atoms with Gasteiger partial charge in [-0.05, 0) is 13.3 Å². The van der Waals surface area contributed by atoms with E-state index in [0.29, 0.717) is 30.4 Å². The van der Waals surface area contributed by atoms with E-state index in [1.165, 1.54) is 11.3 Å². The smallest absolute Gasteiger partial charge is 0.271 e. The number of aromatic nitrogens is 3. The number of carbonyl (C=O) groups excluding carboxylic acids is 2. The van der Waals surface area contributed by atoms with Crippen LogP contribution in [-0.2, 0) is 11.3 Å². The van der Waals surface area contributed by atoms with E-state index in [9.17, 15) is 9.59 Å². The molecule has 1 aliphatic rings. The first-order chi connectivity index (χ1) is 10.6. The molecular weight excluding hydrogens is 306 g/mol. The van der Waals surface area contributed by atoms with Gasteiger partial charge < -0.3 is 15.2 Å². The zero-order valence-corrected chi connectivity index (χ0v) is 12.8. The average Bonchev–Trinajstić information content (AvgIpc) is 3.14. The van der Waals surface area contributed by atoms with Crippen LogP contribution in [0.5, 0.6) is 0 Å². The molecule has 8 nitrogen and oxygen atoms in total. The number of rotatable bonds is 4. The molecule has 1 atom stereocenters. The largest absolute Gasteiger partial charge is 0.356 e. The molecule has 2 amide bonds. The molecule has 0 radical (unpaired) electrons. The van der Waals surface area contributed by atoms with Gasteiger partial charge in [0.1, 0.15) is 5.69 Å². The third-order valence-corrected chi connectivity index (χ3v) is 4.12. The van der Waals surface area contributed by atoms with Crippen molar-refractivity contribution < 1.29 is 14.1 Å². The van der Waals surface area contributed by atoms with E-state index in [-0.39, 0.29) is 24.3 Å².